The van der Waals surface area contributed by atoms with Crippen LogP contribution < -0.4 is 11.5 Å². The van der Waals surface area contributed by atoms with Crippen molar-refractivity contribution < 1.29 is 104 Å². The van der Waals surface area contributed by atoms with Gasteiger partial charge in [-0.15, -0.1) is 0 Å². The number of esters is 1. The number of carbonyl (C=O) groups excluding carboxylic acids is 1. The molecule has 3 aliphatic heterocycles. The summed E-state index contributed by atoms with van der Waals surface area (Å²) in [4.78, 5) is 63.1. The van der Waals surface area contributed by atoms with Crippen LogP contribution in [-0.4, -0.2) is 242 Å². The number of aliphatic hydroxyl groups is 9. The number of fused-ring (bicyclic) bond motifs is 1. The maximum absolute atomic E-state index is 10.7. The fourth-order valence-corrected chi connectivity index (χ4v) is 4.73. The van der Waals surface area contributed by atoms with Crippen molar-refractivity contribution in [1.82, 2.24) is 24.5 Å². The van der Waals surface area contributed by atoms with Crippen LogP contribution >= 0.6 is 7.82 Å². The molecule has 6 rings (SSSR count). The average Bonchev–Trinajstić information content (AvgIpc) is 3.82. The third-order valence-electron chi connectivity index (χ3n) is 7.53. The molecule has 1 unspecified atom stereocenters. The maximum atomic E-state index is 10.7. The Balaban J connectivity index is 0.000000804. The molecule has 10 atom stereocenters. The number of nitrogens with zero attached hydrogens (tertiary/aromatic N) is 5. The quantitative estimate of drug-likeness (QED) is 0.0570. The minimum absolute atomic E-state index is 0. The zero-order chi connectivity index (χ0) is 44.8. The SMILES string of the molecule is C[C@H](N)C(=O)O.Nc1ncnc2c1ncn2[C@@H]1O[C@H](COP(=O)(O)O)[C@@H](O)[C@H]1O.O=C(O)c1cccnc1.O=C1O[C@H]([C@@H](O)CO)C(O)=C1O.OC1C[C@H](O)[C@H](O)CO1.[Na].[Na]. The number of aromatic carboxylic acids is 1. The van der Waals surface area contributed by atoms with Crippen molar-refractivity contribution in [2.75, 3.05) is 25.6 Å². The summed E-state index contributed by atoms with van der Waals surface area (Å²) in [5, 5.41) is 97.7. The summed E-state index contributed by atoms with van der Waals surface area (Å²) in [6.07, 6.45) is -4.92. The number of anilines is 1. The smallest absolute Gasteiger partial charge is 0.469 e. The first kappa shape index (κ1) is 58.0. The Kier molecular flexibility index (Phi) is 25.9. The second-order valence-corrected chi connectivity index (χ2v) is 13.3. The van der Waals surface area contributed by atoms with Crippen LogP contribution in [0.1, 0.15) is 29.9 Å². The molecule has 0 aromatic carbocycles. The molecule has 0 bridgehead atoms. The van der Waals surface area contributed by atoms with Gasteiger partial charge in [0.25, 0.3) is 0 Å². The van der Waals surface area contributed by atoms with Crippen LogP contribution in [0.2, 0.25) is 0 Å². The summed E-state index contributed by atoms with van der Waals surface area (Å²) < 4.78 is 30.7. The van der Waals surface area contributed by atoms with E-state index in [1.807, 2.05) is 0 Å². The summed E-state index contributed by atoms with van der Waals surface area (Å²) >= 11 is 0. The fraction of sp³-hybridized carbons (Fsp3) is 0.500. The van der Waals surface area contributed by atoms with Gasteiger partial charge < -0.3 is 91.6 Å². The number of carboxylic acids is 2. The van der Waals surface area contributed by atoms with Crippen LogP contribution in [0, 0.1) is 0 Å². The van der Waals surface area contributed by atoms with Crippen LogP contribution in [0.5, 0.6) is 0 Å². The maximum Gasteiger partial charge on any atom is 0.469 e. The number of carbonyl (C=O) groups is 3. The Morgan fingerprint density at radius 3 is 2.11 bits per heavy atom. The Bertz CT molecular complexity index is 1910. The molecular weight excluding hydrogens is 871 g/mol. The van der Waals surface area contributed by atoms with E-state index >= 15 is 0 Å². The van der Waals surface area contributed by atoms with Crippen LogP contribution in [0.25, 0.3) is 11.2 Å². The van der Waals surface area contributed by atoms with Gasteiger partial charge in [0, 0.05) is 77.9 Å². The number of carboxylic acid groups (broad SMARTS) is 2. The molecule has 61 heavy (non-hydrogen) atoms. The van der Waals surface area contributed by atoms with Crippen molar-refractivity contribution in [3.05, 3.63) is 54.3 Å². The van der Waals surface area contributed by atoms with Gasteiger partial charge >= 0.3 is 25.7 Å². The molecule has 31 heteroatoms. The molecule has 2 saturated heterocycles. The van der Waals surface area contributed by atoms with Gasteiger partial charge in [0.1, 0.15) is 48.4 Å². The van der Waals surface area contributed by atoms with Gasteiger partial charge in [0.2, 0.25) is 5.76 Å². The molecule has 0 amide bonds. The minimum Gasteiger partial charge on any atom is -0.505 e. The van der Waals surface area contributed by atoms with E-state index in [1.165, 1.54) is 42.6 Å². The topological polar surface area (TPSA) is 477 Å². The molecule has 3 aromatic heterocycles. The van der Waals surface area contributed by atoms with E-state index in [0.29, 0.717) is 5.52 Å². The molecule has 17 N–H and O–H groups in total. The second kappa shape index (κ2) is 27.2. The van der Waals surface area contributed by atoms with E-state index < -0.39 is 112 Å². The number of hydrogen-bond acceptors (Lipinski definition) is 23. The minimum atomic E-state index is -4.72. The van der Waals surface area contributed by atoms with E-state index in [9.17, 15) is 29.2 Å². The van der Waals surface area contributed by atoms with Crippen LogP contribution in [0.15, 0.2) is 48.7 Å². The number of nitrogens with two attached hydrogens (primary N) is 2. The first-order valence-electron chi connectivity index (χ1n) is 16.5. The van der Waals surface area contributed by atoms with Gasteiger partial charge in [0.05, 0.1) is 37.8 Å². The summed E-state index contributed by atoms with van der Waals surface area (Å²) in [6.45, 7) is 0.169. The van der Waals surface area contributed by atoms with Crippen molar-refractivity contribution in [2.24, 2.45) is 5.73 Å². The predicted molar refractivity (Wildman–Crippen MR) is 201 cm³/mol. The number of aliphatic carboxylic acids is 1. The Morgan fingerprint density at radius 2 is 1.67 bits per heavy atom. The number of pyridine rings is 1. The first-order chi connectivity index (χ1) is 27.5. The number of phosphoric ester groups is 1. The average molecular weight is 916 g/mol. The normalized spacial score (nSPS) is 25.1. The fourth-order valence-electron chi connectivity index (χ4n) is 4.39. The van der Waals surface area contributed by atoms with E-state index in [-0.39, 0.29) is 89.2 Å². The number of cyclic esters (lactones) is 1. The molecule has 3 aromatic rings. The van der Waals surface area contributed by atoms with Gasteiger partial charge in [-0.2, -0.15) is 0 Å². The van der Waals surface area contributed by atoms with E-state index in [2.05, 4.69) is 33.9 Å². The number of phosphoric acid groups is 1. The molecule has 332 valence electrons. The van der Waals surface area contributed by atoms with Crippen molar-refractivity contribution >= 4 is 102 Å². The zero-order valence-electron chi connectivity index (χ0n) is 32.5. The summed E-state index contributed by atoms with van der Waals surface area (Å²) in [6, 6.07) is 2.35. The van der Waals surface area contributed by atoms with Crippen molar-refractivity contribution in [3.63, 3.8) is 0 Å². The molecule has 3 aliphatic rings. The summed E-state index contributed by atoms with van der Waals surface area (Å²) in [5.41, 5.74) is 11.3. The number of hydrogen-bond donors (Lipinski definition) is 15. The van der Waals surface area contributed by atoms with E-state index in [1.54, 1.807) is 6.07 Å². The Morgan fingerprint density at radius 1 is 1.05 bits per heavy atom. The van der Waals surface area contributed by atoms with Gasteiger partial charge in [-0.1, -0.05) is 0 Å². The van der Waals surface area contributed by atoms with Crippen molar-refractivity contribution in [1.29, 1.82) is 0 Å². The number of ether oxygens (including phenoxy) is 3. The van der Waals surface area contributed by atoms with Gasteiger partial charge in [-0.25, -0.2) is 29.1 Å². The molecular formula is C30H44N7Na2O21P. The number of aromatic nitrogens is 5. The molecule has 6 heterocycles. The molecule has 0 aliphatic carbocycles. The van der Waals surface area contributed by atoms with Gasteiger partial charge in [-0.3, -0.25) is 18.9 Å². The third kappa shape index (κ3) is 18.3. The standard InChI is InChI=1S/C10H14N5O7P.C6H5NO2.C6H8O6.C5H10O4.C3H7NO2.2Na/c11-8-5-9(13-2-12-8)15(3-14-5)10-7(17)6(16)4(22-10)1-21-23(18,19)20;8-6(9)5-2-1-3-7-4-5;7-1-2(8)5-3(9)4(10)6(11)12-5;6-3-1-5(8)9-2-4(3)7;1-2(4)3(5)6;;/h2-4,6-7,10,16-17H,1H2,(H2,11,12,13)(H2,18,19,20);1-4H,(H,8,9);2,5,7-10H,1H2;3-8H,1-2H2;2H,4H2,1H3,(H,5,6);;/t4-,6-,7-,10-;;2-,5+;3-,4+,5?;2-;;/m1.000../s1. The first-order valence-corrected chi connectivity index (χ1v) is 18.1. The summed E-state index contributed by atoms with van der Waals surface area (Å²) in [7, 11) is -4.72. The van der Waals surface area contributed by atoms with Crippen LogP contribution in [-0.2, 0) is 32.9 Å². The third-order valence-corrected chi connectivity index (χ3v) is 8.01. The zero-order valence-corrected chi connectivity index (χ0v) is 37.4. The monoisotopic (exact) mass is 915 g/mol. The van der Waals surface area contributed by atoms with Gasteiger partial charge in [0.15, 0.2) is 35.8 Å². The number of nitrogen functional groups attached to an aromatic ring is 1. The Labute approximate surface area is 387 Å². The van der Waals surface area contributed by atoms with E-state index in [4.69, 9.17) is 71.9 Å². The molecule has 2 fully saturated rings. The summed E-state index contributed by atoms with van der Waals surface area (Å²) in [5.74, 6) is -4.54. The molecule has 0 saturated carbocycles. The van der Waals surface area contributed by atoms with Crippen molar-refractivity contribution in [3.8, 4) is 0 Å². The largest absolute Gasteiger partial charge is 0.505 e. The van der Waals surface area contributed by atoms with Gasteiger partial charge in [-0.05, 0) is 19.1 Å². The Hall–Kier alpha value is -3.04. The second-order valence-electron chi connectivity index (χ2n) is 12.1. The van der Waals surface area contributed by atoms with Crippen LogP contribution in [0.4, 0.5) is 5.82 Å². The van der Waals surface area contributed by atoms with E-state index in [0.717, 1.165) is 0 Å². The molecule has 28 nitrogen and oxygen atoms in total. The predicted octanol–water partition coefficient (Wildman–Crippen LogP) is -5.39. The molecule has 0 spiro atoms. The number of aliphatic hydroxyl groups excluding tert-OH is 9. The van der Waals surface area contributed by atoms with Crippen LogP contribution in [0.3, 0.4) is 0 Å². The number of rotatable bonds is 8. The molecule has 2 radical (unpaired) electrons. The number of imidazole rings is 1. The van der Waals surface area contributed by atoms with Crippen molar-refractivity contribution in [2.45, 2.75) is 74.6 Å².